The van der Waals surface area contributed by atoms with Gasteiger partial charge in [0.15, 0.2) is 0 Å². The Morgan fingerprint density at radius 2 is 1.57 bits per heavy atom. The van der Waals surface area contributed by atoms with Crippen LogP contribution in [0.5, 0.6) is 0 Å². The van der Waals surface area contributed by atoms with Gasteiger partial charge in [0.25, 0.3) is 0 Å². The van der Waals surface area contributed by atoms with E-state index in [0.717, 1.165) is 5.56 Å². The maximum atomic E-state index is 13.0. The number of hydrogen-bond donors (Lipinski definition) is 1. The van der Waals surface area contributed by atoms with E-state index in [0.29, 0.717) is 24.3 Å². The summed E-state index contributed by atoms with van der Waals surface area (Å²) >= 11 is 0. The second kappa shape index (κ2) is 5.59. The highest BCUT2D eigenvalue weighted by atomic mass is 32.2. The molecule has 1 aromatic carbocycles. The molecular formula is C15H25N3O2S. The number of piperazine rings is 1. The standard InChI is InChI=1S/C15H25N3O2S/c1-10-6-7-11(2)15(14(10)16)21(19,20)18-8-12(3)17(5)13(4)9-18/h6-7,12-13H,8-9,16H2,1-5H3. The number of nitrogens with two attached hydrogens (primary N) is 1. The smallest absolute Gasteiger partial charge is 0.245 e. The Bertz CT molecular complexity index is 631. The summed E-state index contributed by atoms with van der Waals surface area (Å²) in [6, 6.07) is 4.06. The van der Waals surface area contributed by atoms with Gasteiger partial charge in [-0.2, -0.15) is 4.31 Å². The normalized spacial score (nSPS) is 25.2. The topological polar surface area (TPSA) is 66.6 Å². The van der Waals surface area contributed by atoms with Gasteiger partial charge in [0.1, 0.15) is 4.90 Å². The molecule has 21 heavy (non-hydrogen) atoms. The van der Waals surface area contributed by atoms with Crippen LogP contribution in [-0.2, 0) is 10.0 Å². The van der Waals surface area contributed by atoms with Crippen molar-refractivity contribution in [3.8, 4) is 0 Å². The van der Waals surface area contributed by atoms with E-state index in [2.05, 4.69) is 4.90 Å². The predicted molar refractivity (Wildman–Crippen MR) is 85.8 cm³/mol. The summed E-state index contributed by atoms with van der Waals surface area (Å²) in [7, 11) is -1.52. The molecule has 118 valence electrons. The first-order valence-electron chi connectivity index (χ1n) is 7.24. The molecule has 1 aromatic rings. The second-order valence-corrected chi connectivity index (χ2v) is 8.00. The first kappa shape index (κ1) is 16.3. The van der Waals surface area contributed by atoms with Crippen molar-refractivity contribution in [2.24, 2.45) is 0 Å². The molecule has 0 aliphatic carbocycles. The average Bonchev–Trinajstić information content (AvgIpc) is 2.40. The van der Waals surface area contributed by atoms with Crippen LogP contribution in [0.1, 0.15) is 25.0 Å². The summed E-state index contributed by atoms with van der Waals surface area (Å²) in [6.45, 7) is 8.72. The Morgan fingerprint density at radius 3 is 2.10 bits per heavy atom. The lowest BCUT2D eigenvalue weighted by Gasteiger charge is -2.41. The molecule has 0 aromatic heterocycles. The van der Waals surface area contributed by atoms with Crippen molar-refractivity contribution in [1.29, 1.82) is 0 Å². The Balaban J connectivity index is 2.46. The molecule has 0 radical (unpaired) electrons. The summed E-state index contributed by atoms with van der Waals surface area (Å²) in [5.41, 5.74) is 7.93. The van der Waals surface area contributed by atoms with Crippen LogP contribution < -0.4 is 5.73 Å². The van der Waals surface area contributed by atoms with Gasteiger partial charge in [-0.25, -0.2) is 8.42 Å². The molecule has 1 saturated heterocycles. The van der Waals surface area contributed by atoms with Crippen molar-refractivity contribution in [1.82, 2.24) is 9.21 Å². The number of anilines is 1. The van der Waals surface area contributed by atoms with Crippen molar-refractivity contribution in [3.05, 3.63) is 23.3 Å². The van der Waals surface area contributed by atoms with Gasteiger partial charge in [0.2, 0.25) is 10.0 Å². The molecule has 1 fully saturated rings. The van der Waals surface area contributed by atoms with E-state index in [4.69, 9.17) is 5.73 Å². The molecule has 5 nitrogen and oxygen atoms in total. The zero-order chi connectivity index (χ0) is 15.9. The number of rotatable bonds is 2. The fourth-order valence-electron chi connectivity index (χ4n) is 2.83. The van der Waals surface area contributed by atoms with Gasteiger partial charge >= 0.3 is 0 Å². The van der Waals surface area contributed by atoms with Gasteiger partial charge in [0, 0.05) is 25.2 Å². The third-order valence-corrected chi connectivity index (χ3v) is 6.57. The van der Waals surface area contributed by atoms with E-state index in [9.17, 15) is 8.42 Å². The van der Waals surface area contributed by atoms with Crippen molar-refractivity contribution in [2.45, 2.75) is 44.7 Å². The van der Waals surface area contributed by atoms with Crippen LogP contribution in [0.15, 0.2) is 17.0 Å². The number of aryl methyl sites for hydroxylation is 2. The molecule has 6 heteroatoms. The summed E-state index contributed by atoms with van der Waals surface area (Å²) in [5, 5.41) is 0. The predicted octanol–water partition coefficient (Wildman–Crippen LogP) is 1.60. The van der Waals surface area contributed by atoms with E-state index >= 15 is 0 Å². The third kappa shape index (κ3) is 2.80. The van der Waals surface area contributed by atoms with Crippen molar-refractivity contribution in [3.63, 3.8) is 0 Å². The molecule has 1 aliphatic rings. The SMILES string of the molecule is Cc1ccc(C)c(S(=O)(=O)N2CC(C)N(C)C(C)C2)c1N. The van der Waals surface area contributed by atoms with Gasteiger partial charge in [-0.3, -0.25) is 4.90 Å². The lowest BCUT2D eigenvalue weighted by Crippen LogP contribution is -2.56. The van der Waals surface area contributed by atoms with Crippen molar-refractivity contribution < 1.29 is 8.42 Å². The molecule has 1 heterocycles. The zero-order valence-electron chi connectivity index (χ0n) is 13.4. The summed E-state index contributed by atoms with van der Waals surface area (Å²) in [5.74, 6) is 0. The Morgan fingerprint density at radius 1 is 1.10 bits per heavy atom. The van der Waals surface area contributed by atoms with Crippen LogP contribution in [0.3, 0.4) is 0 Å². The molecule has 0 saturated carbocycles. The van der Waals surface area contributed by atoms with E-state index in [1.54, 1.807) is 11.2 Å². The monoisotopic (exact) mass is 311 g/mol. The number of nitrogen functional groups attached to an aromatic ring is 1. The minimum Gasteiger partial charge on any atom is -0.397 e. The number of benzene rings is 1. The summed E-state index contributed by atoms with van der Waals surface area (Å²) in [6.07, 6.45) is 0. The van der Waals surface area contributed by atoms with E-state index in [1.165, 1.54) is 0 Å². The highest BCUT2D eigenvalue weighted by molar-refractivity contribution is 7.89. The molecule has 0 spiro atoms. The molecule has 0 amide bonds. The Hall–Kier alpha value is -1.11. The van der Waals surface area contributed by atoms with Crippen LogP contribution in [-0.4, -0.2) is 49.8 Å². The first-order valence-corrected chi connectivity index (χ1v) is 8.68. The lowest BCUT2D eigenvalue weighted by molar-refractivity contribution is 0.105. The number of sulfonamides is 1. The molecule has 2 rings (SSSR count). The molecular weight excluding hydrogens is 286 g/mol. The fraction of sp³-hybridized carbons (Fsp3) is 0.600. The number of hydrogen-bond acceptors (Lipinski definition) is 4. The molecule has 2 N–H and O–H groups in total. The van der Waals surface area contributed by atoms with Crippen LogP contribution >= 0.6 is 0 Å². The van der Waals surface area contributed by atoms with E-state index in [-0.39, 0.29) is 17.0 Å². The Labute approximate surface area is 127 Å². The first-order chi connectivity index (χ1) is 9.66. The highest BCUT2D eigenvalue weighted by Gasteiger charge is 2.36. The van der Waals surface area contributed by atoms with Gasteiger partial charge in [0.05, 0.1) is 5.69 Å². The van der Waals surface area contributed by atoms with Crippen LogP contribution in [0.2, 0.25) is 0 Å². The maximum Gasteiger partial charge on any atom is 0.245 e. The fourth-order valence-corrected chi connectivity index (χ4v) is 4.83. The minimum absolute atomic E-state index is 0.190. The summed E-state index contributed by atoms with van der Waals surface area (Å²) in [4.78, 5) is 2.48. The van der Waals surface area contributed by atoms with Crippen LogP contribution in [0.25, 0.3) is 0 Å². The van der Waals surface area contributed by atoms with Crippen LogP contribution in [0, 0.1) is 13.8 Å². The van der Waals surface area contributed by atoms with Crippen molar-refractivity contribution >= 4 is 15.7 Å². The molecule has 2 unspecified atom stereocenters. The molecule has 1 aliphatic heterocycles. The average molecular weight is 311 g/mol. The quantitative estimate of drug-likeness (QED) is 0.843. The maximum absolute atomic E-state index is 13.0. The van der Waals surface area contributed by atoms with Crippen LogP contribution in [0.4, 0.5) is 5.69 Å². The number of likely N-dealkylation sites (N-methyl/N-ethyl adjacent to an activating group) is 1. The van der Waals surface area contributed by atoms with Gasteiger partial charge < -0.3 is 5.73 Å². The largest absolute Gasteiger partial charge is 0.397 e. The second-order valence-electron chi connectivity index (χ2n) is 6.13. The zero-order valence-corrected chi connectivity index (χ0v) is 14.2. The third-order valence-electron chi connectivity index (χ3n) is 4.54. The van der Waals surface area contributed by atoms with E-state index in [1.807, 2.05) is 40.0 Å². The minimum atomic E-state index is -3.55. The van der Waals surface area contributed by atoms with Gasteiger partial charge in [-0.05, 0) is 45.9 Å². The highest BCUT2D eigenvalue weighted by Crippen LogP contribution is 2.30. The van der Waals surface area contributed by atoms with E-state index < -0.39 is 10.0 Å². The molecule has 2 atom stereocenters. The van der Waals surface area contributed by atoms with Crippen molar-refractivity contribution in [2.75, 3.05) is 25.9 Å². The Kier molecular flexibility index (Phi) is 4.33. The lowest BCUT2D eigenvalue weighted by atomic mass is 10.1. The van der Waals surface area contributed by atoms with Gasteiger partial charge in [-0.15, -0.1) is 0 Å². The number of nitrogens with zero attached hydrogens (tertiary/aromatic N) is 2. The van der Waals surface area contributed by atoms with Gasteiger partial charge in [-0.1, -0.05) is 12.1 Å². The summed E-state index contributed by atoms with van der Waals surface area (Å²) < 4.78 is 27.6. The molecule has 0 bridgehead atoms.